The lowest BCUT2D eigenvalue weighted by Crippen LogP contribution is -2.26. The summed E-state index contributed by atoms with van der Waals surface area (Å²) in [5.74, 6) is -0.605. The molecule has 0 fully saturated rings. The van der Waals surface area contributed by atoms with E-state index in [4.69, 9.17) is 5.73 Å². The zero-order valence-corrected chi connectivity index (χ0v) is 10.7. The highest BCUT2D eigenvalue weighted by Gasteiger charge is 2.22. The molecule has 2 amide bonds. The van der Waals surface area contributed by atoms with Gasteiger partial charge in [0, 0.05) is 12.6 Å². The van der Waals surface area contributed by atoms with E-state index in [0.29, 0.717) is 11.4 Å². The van der Waals surface area contributed by atoms with Gasteiger partial charge in [0.25, 0.3) is 5.91 Å². The fourth-order valence-corrected chi connectivity index (χ4v) is 1.90. The second-order valence-electron chi connectivity index (χ2n) is 4.01. The van der Waals surface area contributed by atoms with Crippen LogP contribution >= 0.6 is 0 Å². The van der Waals surface area contributed by atoms with E-state index >= 15 is 0 Å². The molecule has 1 heterocycles. The third-order valence-corrected chi connectivity index (χ3v) is 2.82. The van der Waals surface area contributed by atoms with Crippen LogP contribution in [0.4, 0.5) is 4.79 Å². The summed E-state index contributed by atoms with van der Waals surface area (Å²) in [5, 5.41) is 6.64. The first-order valence-electron chi connectivity index (χ1n) is 5.73. The minimum Gasteiger partial charge on any atom is -0.365 e. The lowest BCUT2D eigenvalue weighted by Gasteiger charge is -2.00. The predicted octanol–water partition coefficient (Wildman–Crippen LogP) is 1.14. The van der Waals surface area contributed by atoms with E-state index < -0.39 is 11.9 Å². The third kappa shape index (κ3) is 2.20. The monoisotopic (exact) mass is 258 g/mol. The summed E-state index contributed by atoms with van der Waals surface area (Å²) >= 11 is 0. The van der Waals surface area contributed by atoms with Gasteiger partial charge in [0.05, 0.1) is 11.3 Å². The van der Waals surface area contributed by atoms with E-state index in [1.54, 1.807) is 6.92 Å². The van der Waals surface area contributed by atoms with Crippen LogP contribution in [0.2, 0.25) is 0 Å². The fourth-order valence-electron chi connectivity index (χ4n) is 1.90. The highest BCUT2D eigenvalue weighted by atomic mass is 16.2. The Balaban J connectivity index is 2.67. The number of rotatable bonds is 2. The Hall–Kier alpha value is -2.63. The maximum absolute atomic E-state index is 11.7. The van der Waals surface area contributed by atoms with E-state index in [-0.39, 0.29) is 5.56 Å². The molecule has 2 aromatic rings. The number of carbonyl (C=O) groups excluding carboxylic acids is 2. The van der Waals surface area contributed by atoms with Crippen LogP contribution in [-0.2, 0) is 0 Å². The number of amides is 2. The van der Waals surface area contributed by atoms with Crippen LogP contribution in [-0.4, -0.2) is 28.8 Å². The molecule has 19 heavy (non-hydrogen) atoms. The Labute approximate surface area is 110 Å². The molecular formula is C13H14N4O2. The van der Waals surface area contributed by atoms with Crippen molar-refractivity contribution in [1.29, 1.82) is 0 Å². The van der Waals surface area contributed by atoms with Gasteiger partial charge in [-0.3, -0.25) is 4.79 Å². The van der Waals surface area contributed by atoms with Crippen LogP contribution in [0.5, 0.6) is 0 Å². The van der Waals surface area contributed by atoms with Crippen LogP contribution in [0.25, 0.3) is 11.3 Å². The molecule has 0 atom stereocenters. The summed E-state index contributed by atoms with van der Waals surface area (Å²) in [4.78, 5) is 23.3. The Morgan fingerprint density at radius 2 is 1.89 bits per heavy atom. The molecule has 0 aliphatic heterocycles. The van der Waals surface area contributed by atoms with Gasteiger partial charge in [-0.05, 0) is 6.92 Å². The quantitative estimate of drug-likeness (QED) is 0.846. The lowest BCUT2D eigenvalue weighted by molar-refractivity contribution is 0.100. The second-order valence-corrected chi connectivity index (χ2v) is 4.01. The third-order valence-electron chi connectivity index (χ3n) is 2.82. The molecule has 0 bridgehead atoms. The number of primary amides is 1. The van der Waals surface area contributed by atoms with Crippen LogP contribution in [0.15, 0.2) is 30.3 Å². The molecule has 2 rings (SSSR count). The van der Waals surface area contributed by atoms with E-state index in [9.17, 15) is 9.59 Å². The van der Waals surface area contributed by atoms with E-state index in [2.05, 4.69) is 10.4 Å². The summed E-state index contributed by atoms with van der Waals surface area (Å²) in [6.07, 6.45) is 0. The molecular weight excluding hydrogens is 244 g/mol. The first-order valence-corrected chi connectivity index (χ1v) is 5.73. The van der Waals surface area contributed by atoms with Gasteiger partial charge in [-0.15, -0.1) is 0 Å². The maximum Gasteiger partial charge on any atom is 0.342 e. The minimum atomic E-state index is -0.605. The number of hydrogen-bond donors (Lipinski definition) is 2. The minimum absolute atomic E-state index is 0.259. The number of nitrogens with two attached hydrogens (primary N) is 1. The molecule has 0 unspecified atom stereocenters. The first-order chi connectivity index (χ1) is 9.06. The van der Waals surface area contributed by atoms with Crippen molar-refractivity contribution in [2.75, 3.05) is 7.05 Å². The first kappa shape index (κ1) is 12.8. The average Bonchev–Trinajstić information content (AvgIpc) is 2.76. The smallest absolute Gasteiger partial charge is 0.342 e. The second kappa shape index (κ2) is 4.93. The van der Waals surface area contributed by atoms with Gasteiger partial charge < -0.3 is 11.1 Å². The summed E-state index contributed by atoms with van der Waals surface area (Å²) in [5.41, 5.74) is 7.21. The molecule has 0 aliphatic carbocycles. The number of carbonyl (C=O) groups is 2. The summed E-state index contributed by atoms with van der Waals surface area (Å²) < 4.78 is 1.14. The Kier molecular flexibility index (Phi) is 3.33. The molecule has 0 aliphatic rings. The highest BCUT2D eigenvalue weighted by molar-refractivity contribution is 6.01. The summed E-state index contributed by atoms with van der Waals surface area (Å²) in [7, 11) is 1.50. The van der Waals surface area contributed by atoms with E-state index in [0.717, 1.165) is 10.2 Å². The molecule has 0 saturated carbocycles. The van der Waals surface area contributed by atoms with Gasteiger partial charge in [-0.2, -0.15) is 9.78 Å². The molecule has 6 nitrogen and oxygen atoms in total. The summed E-state index contributed by atoms with van der Waals surface area (Å²) in [6, 6.07) is 8.71. The molecule has 98 valence electrons. The van der Waals surface area contributed by atoms with E-state index in [1.165, 1.54) is 7.05 Å². The van der Waals surface area contributed by atoms with Gasteiger partial charge in [0.1, 0.15) is 5.69 Å². The standard InChI is InChI=1S/C13H14N4O2/c1-8-10(12(14)18)11(9-6-4-3-5-7-9)16-17(8)13(19)15-2/h3-7H,1-2H3,(H2,14,18)(H,15,19). The van der Waals surface area contributed by atoms with Crippen molar-refractivity contribution in [3.63, 3.8) is 0 Å². The molecule has 0 saturated heterocycles. The van der Waals surface area contributed by atoms with Crippen molar-refractivity contribution in [2.24, 2.45) is 5.73 Å². The van der Waals surface area contributed by atoms with Crippen LogP contribution in [0.3, 0.4) is 0 Å². The molecule has 3 N–H and O–H groups in total. The number of hydrogen-bond acceptors (Lipinski definition) is 3. The molecule has 0 spiro atoms. The predicted molar refractivity (Wildman–Crippen MR) is 70.8 cm³/mol. The Morgan fingerprint density at radius 1 is 1.26 bits per heavy atom. The number of benzene rings is 1. The van der Waals surface area contributed by atoms with Crippen molar-refractivity contribution in [2.45, 2.75) is 6.92 Å². The van der Waals surface area contributed by atoms with Crippen molar-refractivity contribution in [3.8, 4) is 11.3 Å². The van der Waals surface area contributed by atoms with Gasteiger partial charge in [0.15, 0.2) is 0 Å². The molecule has 1 aromatic heterocycles. The highest BCUT2D eigenvalue weighted by Crippen LogP contribution is 2.24. The van der Waals surface area contributed by atoms with Gasteiger partial charge in [-0.1, -0.05) is 30.3 Å². The van der Waals surface area contributed by atoms with Crippen molar-refractivity contribution in [1.82, 2.24) is 15.1 Å². The van der Waals surface area contributed by atoms with Crippen molar-refractivity contribution >= 4 is 11.9 Å². The van der Waals surface area contributed by atoms with Crippen molar-refractivity contribution in [3.05, 3.63) is 41.6 Å². The van der Waals surface area contributed by atoms with Crippen LogP contribution in [0.1, 0.15) is 16.1 Å². The zero-order valence-electron chi connectivity index (χ0n) is 10.7. The van der Waals surface area contributed by atoms with Gasteiger partial charge >= 0.3 is 6.03 Å². The zero-order chi connectivity index (χ0) is 14.0. The molecule has 6 heteroatoms. The van der Waals surface area contributed by atoms with E-state index in [1.807, 2.05) is 30.3 Å². The summed E-state index contributed by atoms with van der Waals surface area (Å²) in [6.45, 7) is 1.63. The number of aromatic nitrogens is 2. The number of nitrogens with zero attached hydrogens (tertiary/aromatic N) is 2. The fraction of sp³-hybridized carbons (Fsp3) is 0.154. The Morgan fingerprint density at radius 3 is 2.42 bits per heavy atom. The SMILES string of the molecule is CNC(=O)n1nc(-c2ccccc2)c(C(N)=O)c1C. The topological polar surface area (TPSA) is 90.0 Å². The van der Waals surface area contributed by atoms with Gasteiger partial charge in [0.2, 0.25) is 0 Å². The normalized spacial score (nSPS) is 10.2. The van der Waals surface area contributed by atoms with Crippen LogP contribution < -0.4 is 11.1 Å². The largest absolute Gasteiger partial charge is 0.365 e. The lowest BCUT2D eigenvalue weighted by atomic mass is 10.1. The average molecular weight is 258 g/mol. The molecule has 1 aromatic carbocycles. The maximum atomic E-state index is 11.7. The number of nitrogens with one attached hydrogen (secondary N) is 1. The van der Waals surface area contributed by atoms with Crippen LogP contribution in [0, 0.1) is 6.92 Å². The van der Waals surface area contributed by atoms with Gasteiger partial charge in [-0.25, -0.2) is 4.79 Å². The van der Waals surface area contributed by atoms with Crippen molar-refractivity contribution < 1.29 is 9.59 Å². The molecule has 0 radical (unpaired) electrons. The Bertz CT molecular complexity index is 632.